The Hall–Kier alpha value is -1.60. The van der Waals surface area contributed by atoms with Crippen molar-refractivity contribution in [3.05, 3.63) is 10.4 Å². The van der Waals surface area contributed by atoms with Gasteiger partial charge in [-0.3, -0.25) is 9.59 Å². The van der Waals surface area contributed by atoms with Crippen molar-refractivity contribution in [3.63, 3.8) is 0 Å². The number of carbonyl (C=O) groups excluding carboxylic acids is 2. The van der Waals surface area contributed by atoms with Crippen LogP contribution in [0.2, 0.25) is 0 Å². The molecule has 2 heterocycles. The number of Topliss-reactive ketones (excluding diaryl/α,β-unsaturated/α-hetero) is 1. The van der Waals surface area contributed by atoms with Crippen LogP contribution in [0, 0.1) is 0 Å². The molecule has 1 aliphatic heterocycles. The summed E-state index contributed by atoms with van der Waals surface area (Å²) in [5.41, 5.74) is 11.7. The van der Waals surface area contributed by atoms with Gasteiger partial charge in [-0.25, -0.2) is 0 Å². The molecular weight excluding hydrogens is 288 g/mol. The average molecular weight is 310 g/mol. The number of nitrogen functional groups attached to an aromatic ring is 1. The number of ketones is 1. The summed E-state index contributed by atoms with van der Waals surface area (Å²) in [6.45, 7) is 5.29. The minimum Gasteiger partial charge on any atom is -0.397 e. The smallest absolute Gasteiger partial charge is 0.253 e. The number of nitrogens with two attached hydrogens (primary N) is 2. The van der Waals surface area contributed by atoms with Gasteiger partial charge in [0, 0.05) is 20.0 Å². The lowest BCUT2D eigenvalue weighted by molar-refractivity contribution is 0.100. The van der Waals surface area contributed by atoms with Gasteiger partial charge < -0.3 is 21.7 Å². The summed E-state index contributed by atoms with van der Waals surface area (Å²) in [7, 11) is 0. The van der Waals surface area contributed by atoms with E-state index in [0.717, 1.165) is 19.6 Å². The largest absolute Gasteiger partial charge is 0.397 e. The second-order valence-electron chi connectivity index (χ2n) is 5.30. The van der Waals surface area contributed by atoms with Crippen LogP contribution in [0.4, 0.5) is 10.7 Å². The zero-order valence-corrected chi connectivity index (χ0v) is 13.1. The van der Waals surface area contributed by atoms with Crippen molar-refractivity contribution in [2.45, 2.75) is 26.2 Å². The Labute approximate surface area is 128 Å². The highest BCUT2D eigenvalue weighted by Crippen LogP contribution is 2.35. The molecule has 0 radical (unpaired) electrons. The summed E-state index contributed by atoms with van der Waals surface area (Å²) in [6, 6.07) is 0. The van der Waals surface area contributed by atoms with Gasteiger partial charge in [-0.15, -0.1) is 11.3 Å². The summed E-state index contributed by atoms with van der Waals surface area (Å²) in [4.78, 5) is 25.8. The number of nitrogens with zero attached hydrogens (tertiary/aromatic N) is 1. The monoisotopic (exact) mass is 310 g/mol. The highest BCUT2D eigenvalue weighted by Gasteiger charge is 2.22. The molecule has 0 aromatic carbocycles. The van der Waals surface area contributed by atoms with E-state index < -0.39 is 5.91 Å². The van der Waals surface area contributed by atoms with E-state index in [9.17, 15) is 9.59 Å². The van der Waals surface area contributed by atoms with E-state index in [4.69, 9.17) is 11.5 Å². The van der Waals surface area contributed by atoms with Crippen LogP contribution in [0.15, 0.2) is 0 Å². The normalized spacial score (nSPS) is 15.9. The lowest BCUT2D eigenvalue weighted by Crippen LogP contribution is -2.33. The number of likely N-dealkylation sites (tertiary alicyclic amines) is 1. The van der Waals surface area contributed by atoms with Gasteiger partial charge in [0.1, 0.15) is 5.00 Å². The van der Waals surface area contributed by atoms with Crippen molar-refractivity contribution in [2.75, 3.05) is 37.2 Å². The minimum absolute atomic E-state index is 0.149. The molecule has 1 aromatic heterocycles. The Morgan fingerprint density at radius 2 is 1.95 bits per heavy atom. The lowest BCUT2D eigenvalue weighted by atomic mass is 10.1. The predicted octanol–water partition coefficient (Wildman–Crippen LogP) is 1.53. The van der Waals surface area contributed by atoms with Crippen LogP contribution >= 0.6 is 11.3 Å². The van der Waals surface area contributed by atoms with Gasteiger partial charge in [-0.2, -0.15) is 0 Å². The molecule has 0 spiro atoms. The molecule has 0 bridgehead atoms. The molecule has 0 atom stereocenters. The first kappa shape index (κ1) is 15.8. The van der Waals surface area contributed by atoms with Gasteiger partial charge in [0.2, 0.25) is 0 Å². The van der Waals surface area contributed by atoms with Gasteiger partial charge in [0.15, 0.2) is 5.78 Å². The SMILES string of the molecule is CC(=O)c1sc(NCCN2CCCCC2)c(C(N)=O)c1N. The van der Waals surface area contributed by atoms with Crippen molar-refractivity contribution >= 4 is 33.7 Å². The summed E-state index contributed by atoms with van der Waals surface area (Å²) < 4.78 is 0. The number of nitrogens with one attached hydrogen (secondary N) is 1. The highest BCUT2D eigenvalue weighted by atomic mass is 32.1. The number of hydrogen-bond donors (Lipinski definition) is 3. The molecule has 1 fully saturated rings. The molecule has 0 aliphatic carbocycles. The average Bonchev–Trinajstić information content (AvgIpc) is 2.77. The standard InChI is InChI=1S/C14H22N4O2S/c1-9(19)12-11(15)10(13(16)20)14(21-12)17-5-8-18-6-3-2-4-7-18/h17H,2-8,15H2,1H3,(H2,16,20). The minimum atomic E-state index is -0.600. The fourth-order valence-corrected chi connectivity index (χ4v) is 3.63. The van der Waals surface area contributed by atoms with E-state index in [0.29, 0.717) is 16.4 Å². The van der Waals surface area contributed by atoms with Crippen molar-refractivity contribution in [1.29, 1.82) is 0 Å². The predicted molar refractivity (Wildman–Crippen MR) is 86.0 cm³/mol. The van der Waals surface area contributed by atoms with E-state index in [2.05, 4.69) is 10.2 Å². The fraction of sp³-hybridized carbons (Fsp3) is 0.571. The molecule has 116 valence electrons. The summed E-state index contributed by atoms with van der Waals surface area (Å²) >= 11 is 1.20. The second kappa shape index (κ2) is 6.91. The second-order valence-corrected chi connectivity index (χ2v) is 6.32. The van der Waals surface area contributed by atoms with E-state index in [1.54, 1.807) is 0 Å². The van der Waals surface area contributed by atoms with Crippen molar-refractivity contribution < 1.29 is 9.59 Å². The number of amides is 1. The fourth-order valence-electron chi connectivity index (χ4n) is 2.59. The molecule has 5 N–H and O–H groups in total. The zero-order chi connectivity index (χ0) is 15.4. The quantitative estimate of drug-likeness (QED) is 0.692. The number of piperidine rings is 1. The molecule has 2 rings (SSSR count). The molecule has 6 nitrogen and oxygen atoms in total. The Morgan fingerprint density at radius 1 is 1.29 bits per heavy atom. The highest BCUT2D eigenvalue weighted by molar-refractivity contribution is 7.19. The Bertz CT molecular complexity index is 535. The molecule has 21 heavy (non-hydrogen) atoms. The molecular formula is C14H22N4O2S. The molecule has 1 amide bonds. The topological polar surface area (TPSA) is 101 Å². The molecule has 7 heteroatoms. The Kier molecular flexibility index (Phi) is 5.19. The van der Waals surface area contributed by atoms with Crippen molar-refractivity contribution in [3.8, 4) is 0 Å². The number of carbonyl (C=O) groups is 2. The van der Waals surface area contributed by atoms with Crippen molar-refractivity contribution in [1.82, 2.24) is 4.90 Å². The van der Waals surface area contributed by atoms with Gasteiger partial charge in [0.25, 0.3) is 5.91 Å². The van der Waals surface area contributed by atoms with Crippen LogP contribution in [0.25, 0.3) is 0 Å². The first-order valence-electron chi connectivity index (χ1n) is 7.20. The summed E-state index contributed by atoms with van der Waals surface area (Å²) in [6.07, 6.45) is 3.79. The Balaban J connectivity index is 2.03. The molecule has 1 saturated heterocycles. The first-order chi connectivity index (χ1) is 10.0. The van der Waals surface area contributed by atoms with Crippen molar-refractivity contribution in [2.24, 2.45) is 5.73 Å². The molecule has 0 unspecified atom stereocenters. The van der Waals surface area contributed by atoms with Gasteiger partial charge in [-0.05, 0) is 25.9 Å². The third-order valence-electron chi connectivity index (χ3n) is 3.67. The van der Waals surface area contributed by atoms with Crippen LogP contribution in [-0.4, -0.2) is 42.8 Å². The molecule has 1 aromatic rings. The van der Waals surface area contributed by atoms with Crippen LogP contribution in [0.5, 0.6) is 0 Å². The van der Waals surface area contributed by atoms with Gasteiger partial charge in [-0.1, -0.05) is 6.42 Å². The first-order valence-corrected chi connectivity index (χ1v) is 8.01. The number of hydrogen-bond acceptors (Lipinski definition) is 6. The Morgan fingerprint density at radius 3 is 2.52 bits per heavy atom. The number of rotatable bonds is 6. The zero-order valence-electron chi connectivity index (χ0n) is 12.3. The summed E-state index contributed by atoms with van der Waals surface area (Å²) in [5.74, 6) is -0.749. The van der Waals surface area contributed by atoms with E-state index in [1.165, 1.54) is 37.5 Å². The number of primary amides is 1. The molecule has 1 aliphatic rings. The summed E-state index contributed by atoms with van der Waals surface area (Å²) in [5, 5.41) is 3.80. The maximum absolute atomic E-state index is 11.5. The van der Waals surface area contributed by atoms with Crippen LogP contribution in [0.1, 0.15) is 46.2 Å². The maximum Gasteiger partial charge on any atom is 0.253 e. The third kappa shape index (κ3) is 3.74. The van der Waals surface area contributed by atoms with Crippen LogP contribution < -0.4 is 16.8 Å². The molecule has 0 saturated carbocycles. The van der Waals surface area contributed by atoms with E-state index in [1.807, 2.05) is 0 Å². The maximum atomic E-state index is 11.5. The van der Waals surface area contributed by atoms with E-state index >= 15 is 0 Å². The van der Waals surface area contributed by atoms with Crippen LogP contribution in [0.3, 0.4) is 0 Å². The van der Waals surface area contributed by atoms with Gasteiger partial charge >= 0.3 is 0 Å². The lowest BCUT2D eigenvalue weighted by Gasteiger charge is -2.26. The third-order valence-corrected chi connectivity index (χ3v) is 4.94. The van der Waals surface area contributed by atoms with Crippen LogP contribution in [-0.2, 0) is 0 Å². The number of thiophene rings is 1. The van der Waals surface area contributed by atoms with E-state index in [-0.39, 0.29) is 17.0 Å². The van der Waals surface area contributed by atoms with Gasteiger partial charge in [0.05, 0.1) is 16.1 Å². The number of anilines is 2.